The van der Waals surface area contributed by atoms with Crippen molar-refractivity contribution in [3.05, 3.63) is 102 Å². The van der Waals surface area contributed by atoms with Gasteiger partial charge in [-0.05, 0) is 80.2 Å². The molecule has 0 bridgehead atoms. The molecule has 1 N–H and O–H groups in total. The van der Waals surface area contributed by atoms with E-state index in [1.807, 2.05) is 24.3 Å². The summed E-state index contributed by atoms with van der Waals surface area (Å²) in [5, 5.41) is 4.16. The number of carbonyl (C=O) groups excluding carboxylic acids is 2. The van der Waals surface area contributed by atoms with Crippen LogP contribution in [0.25, 0.3) is 10.9 Å². The highest BCUT2D eigenvalue weighted by Gasteiger charge is 2.26. The maximum absolute atomic E-state index is 13.8. The van der Waals surface area contributed by atoms with E-state index in [4.69, 9.17) is 0 Å². The van der Waals surface area contributed by atoms with Crippen molar-refractivity contribution >= 4 is 28.3 Å². The molecule has 0 aliphatic carbocycles. The molecule has 36 heavy (non-hydrogen) atoms. The van der Waals surface area contributed by atoms with E-state index in [0.29, 0.717) is 17.8 Å². The first-order chi connectivity index (χ1) is 17.5. The molecular weight excluding hydrogens is 453 g/mol. The van der Waals surface area contributed by atoms with E-state index >= 15 is 0 Å². The number of piperidine rings is 1. The van der Waals surface area contributed by atoms with Crippen LogP contribution in [0.4, 0.5) is 10.1 Å². The van der Waals surface area contributed by atoms with Crippen LogP contribution in [0.5, 0.6) is 0 Å². The summed E-state index contributed by atoms with van der Waals surface area (Å²) < 4.78 is 16.1. The van der Waals surface area contributed by atoms with Gasteiger partial charge in [-0.2, -0.15) is 0 Å². The smallest absolute Gasteiger partial charge is 0.227 e. The van der Waals surface area contributed by atoms with Crippen LogP contribution in [-0.2, 0) is 17.9 Å². The van der Waals surface area contributed by atoms with Gasteiger partial charge in [0.15, 0.2) is 5.78 Å². The molecule has 0 unspecified atom stereocenters. The lowest BCUT2D eigenvalue weighted by Crippen LogP contribution is -2.38. The maximum atomic E-state index is 13.8. The molecule has 1 aliphatic rings. The number of rotatable bonds is 7. The van der Waals surface area contributed by atoms with Crippen molar-refractivity contribution in [3.8, 4) is 0 Å². The Kier molecular flexibility index (Phi) is 6.96. The highest BCUT2D eigenvalue weighted by molar-refractivity contribution is 5.97. The molecule has 1 saturated heterocycles. The van der Waals surface area contributed by atoms with Crippen molar-refractivity contribution < 1.29 is 14.0 Å². The molecule has 4 aromatic rings. The SMILES string of the molecule is CC(=O)c1cccc(NC(=O)C2CCN(Cc3cc4ccccc4n3Cc3cccc(F)c3)CC2)c1. The molecule has 6 heteroatoms. The number of hydrogen-bond donors (Lipinski definition) is 1. The number of aromatic nitrogens is 1. The van der Waals surface area contributed by atoms with Crippen LogP contribution < -0.4 is 5.32 Å². The van der Waals surface area contributed by atoms with Crippen molar-refractivity contribution in [2.45, 2.75) is 32.9 Å². The topological polar surface area (TPSA) is 54.3 Å². The summed E-state index contributed by atoms with van der Waals surface area (Å²) in [6.45, 7) is 4.56. The normalized spacial score (nSPS) is 14.7. The number of halogens is 1. The van der Waals surface area contributed by atoms with E-state index in [1.165, 1.54) is 24.1 Å². The average molecular weight is 484 g/mol. The Labute approximate surface area is 210 Å². The van der Waals surface area contributed by atoms with Gasteiger partial charge in [-0.1, -0.05) is 42.5 Å². The molecular formula is C30H30FN3O2. The van der Waals surface area contributed by atoms with Gasteiger partial charge >= 0.3 is 0 Å². The molecule has 0 atom stereocenters. The molecule has 5 nitrogen and oxygen atoms in total. The lowest BCUT2D eigenvalue weighted by atomic mass is 9.95. The fourth-order valence-electron chi connectivity index (χ4n) is 5.05. The zero-order chi connectivity index (χ0) is 25.1. The third-order valence-corrected chi connectivity index (χ3v) is 7.01. The highest BCUT2D eigenvalue weighted by Crippen LogP contribution is 2.26. The monoisotopic (exact) mass is 483 g/mol. The minimum atomic E-state index is -0.223. The largest absolute Gasteiger partial charge is 0.339 e. The molecule has 1 aliphatic heterocycles. The number of hydrogen-bond acceptors (Lipinski definition) is 3. The minimum Gasteiger partial charge on any atom is -0.339 e. The van der Waals surface area contributed by atoms with Crippen molar-refractivity contribution in [1.82, 2.24) is 9.47 Å². The summed E-state index contributed by atoms with van der Waals surface area (Å²) in [4.78, 5) is 26.9. The third kappa shape index (κ3) is 5.39. The number of anilines is 1. The van der Waals surface area contributed by atoms with E-state index in [-0.39, 0.29) is 23.4 Å². The Morgan fingerprint density at radius 3 is 2.47 bits per heavy atom. The first-order valence-corrected chi connectivity index (χ1v) is 12.4. The summed E-state index contributed by atoms with van der Waals surface area (Å²) in [6.07, 6.45) is 1.56. The predicted molar refractivity (Wildman–Crippen MR) is 141 cm³/mol. The number of benzene rings is 3. The molecule has 3 aromatic carbocycles. The summed E-state index contributed by atoms with van der Waals surface area (Å²) in [6, 6.07) is 24.4. The molecule has 1 amide bonds. The maximum Gasteiger partial charge on any atom is 0.227 e. The Morgan fingerprint density at radius 1 is 0.917 bits per heavy atom. The summed E-state index contributed by atoms with van der Waals surface area (Å²) in [7, 11) is 0. The van der Waals surface area contributed by atoms with Crippen LogP contribution in [-0.4, -0.2) is 34.2 Å². The molecule has 184 valence electrons. The Morgan fingerprint density at radius 2 is 1.69 bits per heavy atom. The van der Waals surface area contributed by atoms with Crippen LogP contribution in [0, 0.1) is 11.7 Å². The third-order valence-electron chi connectivity index (χ3n) is 7.01. The number of amides is 1. The van der Waals surface area contributed by atoms with Crippen molar-refractivity contribution in [2.24, 2.45) is 5.92 Å². The van der Waals surface area contributed by atoms with Crippen LogP contribution in [0.2, 0.25) is 0 Å². The predicted octanol–water partition coefficient (Wildman–Crippen LogP) is 5.88. The lowest BCUT2D eigenvalue weighted by molar-refractivity contribution is -0.121. The van der Waals surface area contributed by atoms with Crippen molar-refractivity contribution in [1.29, 1.82) is 0 Å². The van der Waals surface area contributed by atoms with Crippen molar-refractivity contribution in [2.75, 3.05) is 18.4 Å². The Balaban J connectivity index is 1.25. The second-order valence-electron chi connectivity index (χ2n) is 9.59. The molecule has 0 saturated carbocycles. The second-order valence-corrected chi connectivity index (χ2v) is 9.59. The molecule has 1 aromatic heterocycles. The van der Waals surface area contributed by atoms with E-state index in [0.717, 1.165) is 43.6 Å². The number of carbonyl (C=O) groups is 2. The van der Waals surface area contributed by atoms with Gasteiger partial charge in [-0.25, -0.2) is 4.39 Å². The molecule has 5 rings (SSSR count). The van der Waals surface area contributed by atoms with E-state index in [9.17, 15) is 14.0 Å². The van der Waals surface area contributed by atoms with E-state index in [1.54, 1.807) is 30.3 Å². The average Bonchev–Trinajstić information content (AvgIpc) is 3.21. The second kappa shape index (κ2) is 10.5. The van der Waals surface area contributed by atoms with Gasteiger partial charge in [0.2, 0.25) is 5.91 Å². The van der Waals surface area contributed by atoms with Gasteiger partial charge in [0.05, 0.1) is 0 Å². The number of fused-ring (bicyclic) bond motifs is 1. The fourth-order valence-corrected chi connectivity index (χ4v) is 5.05. The van der Waals surface area contributed by atoms with Crippen LogP contribution in [0.1, 0.15) is 41.4 Å². The Bertz CT molecular complexity index is 1400. The zero-order valence-corrected chi connectivity index (χ0v) is 20.4. The van der Waals surface area contributed by atoms with Gasteiger partial charge in [0, 0.05) is 41.5 Å². The first kappa shape index (κ1) is 23.9. The van der Waals surface area contributed by atoms with E-state index < -0.39 is 0 Å². The van der Waals surface area contributed by atoms with Gasteiger partial charge in [0.1, 0.15) is 5.82 Å². The van der Waals surface area contributed by atoms with Crippen molar-refractivity contribution in [3.63, 3.8) is 0 Å². The van der Waals surface area contributed by atoms with E-state index in [2.05, 4.69) is 33.0 Å². The number of nitrogens with zero attached hydrogens (tertiary/aromatic N) is 2. The summed E-state index contributed by atoms with van der Waals surface area (Å²) in [5.74, 6) is -0.288. The number of likely N-dealkylation sites (tertiary alicyclic amines) is 1. The number of ketones is 1. The minimum absolute atomic E-state index is 0.00979. The fraction of sp³-hybridized carbons (Fsp3) is 0.267. The molecule has 2 heterocycles. The van der Waals surface area contributed by atoms with Gasteiger partial charge < -0.3 is 9.88 Å². The van der Waals surface area contributed by atoms with Crippen LogP contribution >= 0.6 is 0 Å². The van der Waals surface area contributed by atoms with Crippen LogP contribution in [0.15, 0.2) is 78.9 Å². The van der Waals surface area contributed by atoms with Gasteiger partial charge in [-0.3, -0.25) is 14.5 Å². The highest BCUT2D eigenvalue weighted by atomic mass is 19.1. The molecule has 1 fully saturated rings. The number of nitrogens with one attached hydrogen (secondary N) is 1. The standard InChI is InChI=1S/C30H30FN3O2/c1-21(35)24-8-5-10-27(17-24)32-30(36)23-12-14-33(15-13-23)20-28-18-25-7-2-3-11-29(25)34(28)19-22-6-4-9-26(31)16-22/h2-11,16-18,23H,12-15,19-20H2,1H3,(H,32,36). The zero-order valence-electron chi connectivity index (χ0n) is 20.4. The molecule has 0 radical (unpaired) electrons. The summed E-state index contributed by atoms with van der Waals surface area (Å²) >= 11 is 0. The Hall–Kier alpha value is -3.77. The number of para-hydroxylation sites is 1. The van der Waals surface area contributed by atoms with Gasteiger partial charge in [0.25, 0.3) is 0 Å². The van der Waals surface area contributed by atoms with Gasteiger partial charge in [-0.15, -0.1) is 0 Å². The number of Topliss-reactive ketones (excluding diaryl/α,β-unsaturated/α-hetero) is 1. The lowest BCUT2D eigenvalue weighted by Gasteiger charge is -2.31. The first-order valence-electron chi connectivity index (χ1n) is 12.4. The van der Waals surface area contributed by atoms with Crippen LogP contribution in [0.3, 0.4) is 0 Å². The quantitative estimate of drug-likeness (QED) is 0.334. The molecule has 0 spiro atoms. The summed E-state index contributed by atoms with van der Waals surface area (Å²) in [5.41, 5.74) is 4.51.